The second-order valence-corrected chi connectivity index (χ2v) is 7.06. The minimum Gasteiger partial charge on any atom is -0.388 e. The van der Waals surface area contributed by atoms with Crippen LogP contribution in [0.5, 0.6) is 0 Å². The summed E-state index contributed by atoms with van der Waals surface area (Å²) in [5, 5.41) is 10.5. The number of carbonyl (C=O) groups is 1. The summed E-state index contributed by atoms with van der Waals surface area (Å²) >= 11 is 0. The van der Waals surface area contributed by atoms with E-state index in [1.54, 1.807) is 0 Å². The van der Waals surface area contributed by atoms with Crippen molar-refractivity contribution in [2.45, 2.75) is 38.7 Å². The van der Waals surface area contributed by atoms with Crippen molar-refractivity contribution in [1.82, 2.24) is 4.90 Å². The molecule has 3 heteroatoms. The maximum absolute atomic E-state index is 12.4. The first-order valence-corrected chi connectivity index (χ1v) is 9.20. The van der Waals surface area contributed by atoms with E-state index in [0.717, 1.165) is 37.9 Å². The summed E-state index contributed by atoms with van der Waals surface area (Å²) in [6.45, 7) is 3.57. The summed E-state index contributed by atoms with van der Waals surface area (Å²) in [6.07, 6.45) is 2.67. The lowest BCUT2D eigenvalue weighted by molar-refractivity contribution is -0.133. The molecule has 1 aliphatic rings. The van der Waals surface area contributed by atoms with Gasteiger partial charge < -0.3 is 10.0 Å². The lowest BCUT2D eigenvalue weighted by Crippen LogP contribution is -2.39. The highest BCUT2D eigenvalue weighted by Crippen LogP contribution is 2.30. The van der Waals surface area contributed by atoms with Crippen LogP contribution in [0.25, 0.3) is 0 Å². The number of aliphatic hydroxyl groups is 1. The summed E-state index contributed by atoms with van der Waals surface area (Å²) in [5.41, 5.74) is 3.44. The molecule has 3 rings (SSSR count). The number of amides is 1. The second kappa shape index (κ2) is 8.30. The molecule has 0 saturated carbocycles. The third-order valence-electron chi connectivity index (χ3n) is 5.23. The van der Waals surface area contributed by atoms with Gasteiger partial charge in [-0.1, -0.05) is 60.2 Å². The number of hydrogen-bond acceptors (Lipinski definition) is 2. The van der Waals surface area contributed by atoms with Crippen LogP contribution in [0, 0.1) is 12.8 Å². The molecule has 0 radical (unpaired) electrons. The Hall–Kier alpha value is -2.13. The average molecular weight is 337 g/mol. The number of rotatable bonds is 5. The molecule has 3 nitrogen and oxygen atoms in total. The Morgan fingerprint density at radius 3 is 2.36 bits per heavy atom. The highest BCUT2D eigenvalue weighted by Gasteiger charge is 2.27. The zero-order valence-electron chi connectivity index (χ0n) is 14.9. The quantitative estimate of drug-likeness (QED) is 0.899. The Morgan fingerprint density at radius 1 is 1.08 bits per heavy atom. The number of aliphatic hydroxyl groups excluding tert-OH is 1. The maximum atomic E-state index is 12.4. The van der Waals surface area contributed by atoms with Gasteiger partial charge >= 0.3 is 0 Å². The van der Waals surface area contributed by atoms with Crippen LogP contribution in [0.1, 0.15) is 42.1 Å². The fraction of sp³-hybridized carbons (Fsp3) is 0.409. The van der Waals surface area contributed by atoms with Gasteiger partial charge in [-0.3, -0.25) is 4.79 Å². The summed E-state index contributed by atoms with van der Waals surface area (Å²) < 4.78 is 0. The summed E-state index contributed by atoms with van der Waals surface area (Å²) in [7, 11) is 0. The van der Waals surface area contributed by atoms with E-state index in [4.69, 9.17) is 0 Å². The number of benzene rings is 2. The predicted molar refractivity (Wildman–Crippen MR) is 100 cm³/mol. The molecule has 1 N–H and O–H groups in total. The molecule has 1 fully saturated rings. The first-order valence-electron chi connectivity index (χ1n) is 9.20. The summed E-state index contributed by atoms with van der Waals surface area (Å²) in [4.78, 5) is 14.4. The Bertz CT molecular complexity index is 673. The zero-order chi connectivity index (χ0) is 17.6. The predicted octanol–water partition coefficient (Wildman–Crippen LogP) is 3.90. The number of carbonyl (C=O) groups excluding carboxylic acids is 1. The van der Waals surface area contributed by atoms with Gasteiger partial charge in [-0.15, -0.1) is 0 Å². The highest BCUT2D eigenvalue weighted by atomic mass is 16.3. The first-order chi connectivity index (χ1) is 12.1. The van der Waals surface area contributed by atoms with E-state index in [1.807, 2.05) is 35.2 Å². The second-order valence-electron chi connectivity index (χ2n) is 7.06. The van der Waals surface area contributed by atoms with Crippen molar-refractivity contribution >= 4 is 5.91 Å². The van der Waals surface area contributed by atoms with E-state index in [0.29, 0.717) is 6.42 Å². The lowest BCUT2D eigenvalue weighted by Gasteiger charge is -2.34. The third-order valence-corrected chi connectivity index (χ3v) is 5.23. The van der Waals surface area contributed by atoms with Gasteiger partial charge in [-0.05, 0) is 43.2 Å². The average Bonchev–Trinajstić information content (AvgIpc) is 2.67. The molecule has 1 atom stereocenters. The van der Waals surface area contributed by atoms with Gasteiger partial charge in [0.25, 0.3) is 0 Å². The van der Waals surface area contributed by atoms with Crippen LogP contribution >= 0.6 is 0 Å². The van der Waals surface area contributed by atoms with E-state index in [1.165, 1.54) is 11.1 Å². The Balaban J connectivity index is 1.46. The monoisotopic (exact) mass is 337 g/mol. The summed E-state index contributed by atoms with van der Waals surface area (Å²) in [5.74, 6) is 0.469. The van der Waals surface area contributed by atoms with Crippen LogP contribution in [0.4, 0.5) is 0 Å². The number of likely N-dealkylation sites (tertiary alicyclic amines) is 1. The van der Waals surface area contributed by atoms with Crippen molar-refractivity contribution in [2.24, 2.45) is 5.92 Å². The molecule has 132 valence electrons. The van der Waals surface area contributed by atoms with Crippen molar-refractivity contribution in [1.29, 1.82) is 0 Å². The van der Waals surface area contributed by atoms with Gasteiger partial charge in [0.05, 0.1) is 6.10 Å². The molecule has 0 aromatic heterocycles. The number of aryl methyl sites for hydroxylation is 2. The molecule has 1 amide bonds. The van der Waals surface area contributed by atoms with E-state index in [9.17, 15) is 9.90 Å². The third kappa shape index (κ3) is 4.70. The normalized spacial score (nSPS) is 16.6. The molecular formula is C22H27NO2. The first kappa shape index (κ1) is 17.7. The minimum atomic E-state index is -0.425. The van der Waals surface area contributed by atoms with Crippen molar-refractivity contribution in [2.75, 3.05) is 13.1 Å². The van der Waals surface area contributed by atoms with Gasteiger partial charge in [0.2, 0.25) is 5.91 Å². The van der Waals surface area contributed by atoms with Gasteiger partial charge in [0, 0.05) is 19.5 Å². The van der Waals surface area contributed by atoms with Crippen molar-refractivity contribution in [3.8, 4) is 0 Å². The fourth-order valence-corrected chi connectivity index (χ4v) is 3.55. The van der Waals surface area contributed by atoms with Crippen LogP contribution in [0.15, 0.2) is 54.6 Å². The molecule has 1 unspecified atom stereocenters. The number of nitrogens with zero attached hydrogens (tertiary/aromatic N) is 1. The molecule has 25 heavy (non-hydrogen) atoms. The van der Waals surface area contributed by atoms with Crippen molar-refractivity contribution < 1.29 is 9.90 Å². The zero-order valence-corrected chi connectivity index (χ0v) is 14.9. The molecule has 2 aromatic rings. The molecule has 0 spiro atoms. The molecule has 1 aliphatic heterocycles. The largest absolute Gasteiger partial charge is 0.388 e. The molecular weight excluding hydrogens is 310 g/mol. The van der Waals surface area contributed by atoms with E-state index in [-0.39, 0.29) is 11.8 Å². The van der Waals surface area contributed by atoms with Gasteiger partial charge in [0.1, 0.15) is 0 Å². The van der Waals surface area contributed by atoms with Crippen LogP contribution in [0.2, 0.25) is 0 Å². The highest BCUT2D eigenvalue weighted by molar-refractivity contribution is 5.76. The van der Waals surface area contributed by atoms with Crippen LogP contribution in [0.3, 0.4) is 0 Å². The SMILES string of the molecule is Cc1ccc(CCC(=O)N2CCC(C(O)c3ccccc3)CC2)cc1. The smallest absolute Gasteiger partial charge is 0.222 e. The van der Waals surface area contributed by atoms with Crippen LogP contribution in [-0.4, -0.2) is 29.0 Å². The maximum Gasteiger partial charge on any atom is 0.222 e. The Morgan fingerprint density at radius 2 is 1.72 bits per heavy atom. The Kier molecular flexibility index (Phi) is 5.87. The number of hydrogen-bond donors (Lipinski definition) is 1. The molecule has 0 bridgehead atoms. The Labute approximate surface area is 150 Å². The van der Waals surface area contributed by atoms with Crippen molar-refractivity contribution in [3.05, 3.63) is 71.3 Å². The molecule has 2 aromatic carbocycles. The van der Waals surface area contributed by atoms with Crippen LogP contribution < -0.4 is 0 Å². The fourth-order valence-electron chi connectivity index (χ4n) is 3.55. The summed E-state index contributed by atoms with van der Waals surface area (Å²) in [6, 6.07) is 18.2. The van der Waals surface area contributed by atoms with Gasteiger partial charge in [-0.25, -0.2) is 0 Å². The van der Waals surface area contributed by atoms with Crippen LogP contribution in [-0.2, 0) is 11.2 Å². The van der Waals surface area contributed by atoms with Gasteiger partial charge in [0.15, 0.2) is 0 Å². The van der Waals surface area contributed by atoms with E-state index in [2.05, 4.69) is 31.2 Å². The molecule has 1 heterocycles. The molecule has 1 saturated heterocycles. The van der Waals surface area contributed by atoms with Gasteiger partial charge in [-0.2, -0.15) is 0 Å². The van der Waals surface area contributed by atoms with Crippen molar-refractivity contribution in [3.63, 3.8) is 0 Å². The standard InChI is InChI=1S/C22H27NO2/c1-17-7-9-18(10-8-17)11-12-21(24)23-15-13-20(14-16-23)22(25)19-5-3-2-4-6-19/h2-10,20,22,25H,11-16H2,1H3. The molecule has 0 aliphatic carbocycles. The van der Waals surface area contributed by atoms with E-state index >= 15 is 0 Å². The minimum absolute atomic E-state index is 0.230. The number of piperidine rings is 1. The topological polar surface area (TPSA) is 40.5 Å². The lowest BCUT2D eigenvalue weighted by atomic mass is 9.87. The van der Waals surface area contributed by atoms with E-state index < -0.39 is 6.10 Å².